The Labute approximate surface area is 261 Å². The predicted molar refractivity (Wildman–Crippen MR) is 152 cm³/mol. The van der Waals surface area contributed by atoms with Crippen LogP contribution in [0.25, 0.3) is 0 Å². The lowest BCUT2D eigenvalue weighted by Gasteiger charge is -2.78. The summed E-state index contributed by atoms with van der Waals surface area (Å²) in [5.74, 6) is -4.55. The van der Waals surface area contributed by atoms with Gasteiger partial charge in [-0.15, -0.1) is 0 Å². The van der Waals surface area contributed by atoms with E-state index in [1.807, 2.05) is 34.6 Å². The first-order valence-corrected chi connectivity index (χ1v) is 16.1. The van der Waals surface area contributed by atoms with Crippen molar-refractivity contribution in [3.05, 3.63) is 24.2 Å². The van der Waals surface area contributed by atoms with Crippen LogP contribution in [0.15, 0.2) is 23.0 Å². The van der Waals surface area contributed by atoms with Crippen molar-refractivity contribution < 1.29 is 52.4 Å². The van der Waals surface area contributed by atoms with Crippen LogP contribution in [-0.2, 0) is 38.1 Å². The van der Waals surface area contributed by atoms with Gasteiger partial charge >= 0.3 is 11.9 Å². The Balaban J connectivity index is 1.46. The molecule has 45 heavy (non-hydrogen) atoms. The van der Waals surface area contributed by atoms with Gasteiger partial charge in [-0.2, -0.15) is 0 Å². The standard InChI is InChI=1S/C34H42O11/c1-17(2)19(35)14-31-25(39)28(4)16-33(31)29(5,20(28)12-22(36)40-7)32-10-9-27(3,24(38)18-8-11-41-15-18)21-13-23(37)42-26(31)34(21,32)45-30(6,43-32)44-33/h8,11,15,17,20-21,25-26,39H,9-10,12-14,16H2,1-7H3. The zero-order valence-electron chi connectivity index (χ0n) is 26.9. The van der Waals surface area contributed by atoms with Gasteiger partial charge in [-0.05, 0) is 31.2 Å². The molecule has 12 unspecified atom stereocenters. The minimum atomic E-state index is -1.63. The molecule has 11 heteroatoms. The Kier molecular flexibility index (Phi) is 5.47. The number of esters is 2. The Hall–Kier alpha value is -2.60. The van der Waals surface area contributed by atoms with E-state index < -0.39 is 80.4 Å². The number of Topliss-reactive ketones (excluding diaryl/α,β-unsaturated/α-hetero) is 2. The monoisotopic (exact) mass is 626 g/mol. The maximum Gasteiger partial charge on any atom is 0.306 e. The van der Waals surface area contributed by atoms with Gasteiger partial charge in [0.25, 0.3) is 5.97 Å². The molecule has 1 aromatic heterocycles. The van der Waals surface area contributed by atoms with E-state index in [2.05, 4.69) is 0 Å². The van der Waals surface area contributed by atoms with Crippen LogP contribution >= 0.6 is 0 Å². The van der Waals surface area contributed by atoms with Crippen LogP contribution in [-0.4, -0.2) is 70.7 Å². The Morgan fingerprint density at radius 1 is 1.07 bits per heavy atom. The molecule has 4 aliphatic carbocycles. The van der Waals surface area contributed by atoms with Gasteiger partial charge in [0.15, 0.2) is 5.78 Å². The molecule has 3 aliphatic heterocycles. The van der Waals surface area contributed by atoms with Crippen LogP contribution in [0.3, 0.4) is 0 Å². The van der Waals surface area contributed by atoms with Crippen molar-refractivity contribution in [1.29, 1.82) is 0 Å². The molecule has 3 spiro atoms. The molecule has 4 saturated carbocycles. The number of hydrogen-bond donors (Lipinski definition) is 1. The average molecular weight is 627 g/mol. The van der Waals surface area contributed by atoms with Crippen molar-refractivity contribution in [1.82, 2.24) is 0 Å². The number of ether oxygens (including phenoxy) is 5. The van der Waals surface area contributed by atoms with Crippen molar-refractivity contribution in [2.45, 2.75) is 115 Å². The van der Waals surface area contributed by atoms with Crippen molar-refractivity contribution in [3.63, 3.8) is 0 Å². The van der Waals surface area contributed by atoms with E-state index in [-0.39, 0.29) is 36.7 Å². The second kappa shape index (κ2) is 8.27. The third-order valence-corrected chi connectivity index (χ3v) is 14.1. The number of aliphatic hydroxyl groups excluding tert-OH is 1. The van der Waals surface area contributed by atoms with E-state index in [4.69, 9.17) is 28.1 Å². The molecule has 1 N–H and O–H groups in total. The number of furan rings is 1. The Morgan fingerprint density at radius 3 is 2.42 bits per heavy atom. The molecular formula is C34H42O11. The summed E-state index contributed by atoms with van der Waals surface area (Å²) in [5, 5.41) is 12.8. The second-order valence-corrected chi connectivity index (χ2v) is 16.0. The number of ketones is 2. The fourth-order valence-corrected chi connectivity index (χ4v) is 12.6. The quantitative estimate of drug-likeness (QED) is 0.349. The number of hydrogen-bond acceptors (Lipinski definition) is 11. The maximum atomic E-state index is 14.4. The zero-order valence-corrected chi connectivity index (χ0v) is 26.9. The summed E-state index contributed by atoms with van der Waals surface area (Å²) in [5.41, 5.74) is -8.11. The first kappa shape index (κ1) is 29.8. The number of carbonyl (C=O) groups is 4. The van der Waals surface area contributed by atoms with Crippen LogP contribution in [0.4, 0.5) is 0 Å². The fourth-order valence-electron chi connectivity index (χ4n) is 12.6. The van der Waals surface area contributed by atoms with Gasteiger partial charge in [0.1, 0.15) is 29.4 Å². The highest BCUT2D eigenvalue weighted by molar-refractivity contribution is 6.01. The van der Waals surface area contributed by atoms with E-state index in [0.717, 1.165) is 0 Å². The van der Waals surface area contributed by atoms with Gasteiger partial charge in [-0.3, -0.25) is 19.2 Å². The molecule has 4 bridgehead atoms. The summed E-state index contributed by atoms with van der Waals surface area (Å²) in [6, 6.07) is 1.61. The summed E-state index contributed by atoms with van der Waals surface area (Å²) >= 11 is 0. The van der Waals surface area contributed by atoms with Crippen LogP contribution in [0.5, 0.6) is 0 Å². The van der Waals surface area contributed by atoms with Crippen molar-refractivity contribution in [2.24, 2.45) is 39.4 Å². The van der Waals surface area contributed by atoms with Gasteiger partial charge in [0.05, 0.1) is 42.5 Å². The molecule has 0 amide bonds. The summed E-state index contributed by atoms with van der Waals surface area (Å²) < 4.78 is 38.2. The van der Waals surface area contributed by atoms with Crippen LogP contribution in [0, 0.1) is 39.4 Å². The van der Waals surface area contributed by atoms with E-state index in [1.54, 1.807) is 13.0 Å². The van der Waals surface area contributed by atoms with Gasteiger partial charge in [0.2, 0.25) is 0 Å². The molecule has 0 aromatic carbocycles. The molecule has 4 heterocycles. The largest absolute Gasteiger partial charge is 0.472 e. The SMILES string of the molecule is COC(=O)CC1C2(C)CC34OC5(C)OC67C(CC(=O)OC6C3(CC(=O)C(C)C)C2O)C(C)(C(=O)c2ccoc2)CCC7(O5)C14C. The molecule has 3 saturated heterocycles. The number of fused-ring (bicyclic) bond motifs is 3. The molecule has 12 atom stereocenters. The van der Waals surface area contributed by atoms with Crippen LogP contribution in [0.1, 0.15) is 90.4 Å². The predicted octanol–water partition coefficient (Wildman–Crippen LogP) is 3.75. The van der Waals surface area contributed by atoms with Crippen molar-refractivity contribution >= 4 is 23.5 Å². The number of aliphatic hydroxyl groups is 1. The van der Waals surface area contributed by atoms with E-state index in [0.29, 0.717) is 24.8 Å². The Morgan fingerprint density at radius 2 is 1.78 bits per heavy atom. The van der Waals surface area contributed by atoms with Crippen molar-refractivity contribution in [3.8, 4) is 0 Å². The van der Waals surface area contributed by atoms with Crippen molar-refractivity contribution in [2.75, 3.05) is 7.11 Å². The lowest BCUT2D eigenvalue weighted by Crippen LogP contribution is -2.92. The molecule has 11 nitrogen and oxygen atoms in total. The van der Waals surface area contributed by atoms with E-state index in [9.17, 15) is 24.3 Å². The van der Waals surface area contributed by atoms with Gasteiger partial charge in [-0.25, -0.2) is 0 Å². The van der Waals surface area contributed by atoms with Gasteiger partial charge in [0, 0.05) is 47.8 Å². The zero-order chi connectivity index (χ0) is 32.4. The van der Waals surface area contributed by atoms with Crippen LogP contribution in [0.2, 0.25) is 0 Å². The molecule has 0 radical (unpaired) electrons. The molecule has 8 rings (SSSR count). The lowest BCUT2D eigenvalue weighted by atomic mass is 9.30. The molecule has 7 aliphatic rings. The third kappa shape index (κ3) is 2.77. The molecule has 244 valence electrons. The minimum absolute atomic E-state index is 0.0158. The smallest absolute Gasteiger partial charge is 0.306 e. The summed E-state index contributed by atoms with van der Waals surface area (Å²) in [6.45, 7) is 11.2. The summed E-state index contributed by atoms with van der Waals surface area (Å²) in [4.78, 5) is 55.4. The van der Waals surface area contributed by atoms with Gasteiger partial charge < -0.3 is 33.2 Å². The Bertz CT molecular complexity index is 1550. The number of methoxy groups -OCH3 is 1. The highest BCUT2D eigenvalue weighted by Gasteiger charge is 3.03. The second-order valence-electron chi connectivity index (χ2n) is 16.0. The summed E-state index contributed by atoms with van der Waals surface area (Å²) in [7, 11) is 1.34. The first-order chi connectivity index (χ1) is 21.0. The molecular weight excluding hydrogens is 584 g/mol. The first-order valence-electron chi connectivity index (χ1n) is 16.1. The van der Waals surface area contributed by atoms with E-state index >= 15 is 0 Å². The number of carbonyl (C=O) groups excluding carboxylic acids is 4. The molecule has 1 aromatic rings. The van der Waals surface area contributed by atoms with E-state index in [1.165, 1.54) is 19.6 Å². The maximum absolute atomic E-state index is 14.4. The highest BCUT2D eigenvalue weighted by Crippen LogP contribution is 2.91. The average Bonchev–Trinajstić information content (AvgIpc) is 3.67. The number of rotatable bonds is 7. The normalized spacial score (nSPS) is 53.0. The lowest BCUT2D eigenvalue weighted by molar-refractivity contribution is -0.472. The van der Waals surface area contributed by atoms with Gasteiger partial charge in [-0.1, -0.05) is 34.6 Å². The highest BCUT2D eigenvalue weighted by atomic mass is 16.9. The topological polar surface area (TPSA) is 148 Å². The summed E-state index contributed by atoms with van der Waals surface area (Å²) in [6.07, 6.45) is 1.19. The molecule has 7 fully saturated rings. The third-order valence-electron chi connectivity index (χ3n) is 14.1. The minimum Gasteiger partial charge on any atom is -0.472 e. The van der Waals surface area contributed by atoms with Crippen LogP contribution < -0.4 is 0 Å². The fraction of sp³-hybridized carbons (Fsp3) is 0.765.